The molecule has 0 amide bonds. The number of ketones is 1. The molecule has 0 bridgehead atoms. The van der Waals surface area contributed by atoms with Gasteiger partial charge in [-0.15, -0.1) is 0 Å². The van der Waals surface area contributed by atoms with Crippen LogP contribution in [0, 0.1) is 13.8 Å². The van der Waals surface area contributed by atoms with E-state index in [1.807, 2.05) is 0 Å². The molecule has 1 fully saturated rings. The van der Waals surface area contributed by atoms with Crippen molar-refractivity contribution < 1.29 is 4.79 Å². The number of carbonyl (C=O) groups is 1. The van der Waals surface area contributed by atoms with Gasteiger partial charge in [0.25, 0.3) is 0 Å². The average Bonchev–Trinajstić information content (AvgIpc) is 2.55. The van der Waals surface area contributed by atoms with Crippen LogP contribution in [0.1, 0.15) is 59.4 Å². The van der Waals surface area contributed by atoms with Crippen molar-refractivity contribution in [3.63, 3.8) is 0 Å². The maximum atomic E-state index is 11.8. The van der Waals surface area contributed by atoms with Crippen LogP contribution in [0.2, 0.25) is 0 Å². The number of carbonyl (C=O) groups excluding carboxylic acids is 1. The molecule has 2 aromatic carbocycles. The molecular formula is C22H24O. The van der Waals surface area contributed by atoms with Crippen LogP contribution >= 0.6 is 0 Å². The lowest BCUT2D eigenvalue weighted by Gasteiger charge is -2.23. The van der Waals surface area contributed by atoms with Gasteiger partial charge in [-0.1, -0.05) is 65.7 Å². The van der Waals surface area contributed by atoms with Gasteiger partial charge in [0.1, 0.15) is 5.78 Å². The molecule has 1 aliphatic rings. The SMILES string of the molecule is Cc1ccc(/C=C/c2ccc(C)cc2[C@@H]2CCCC(=O)C2)cc1. The molecule has 118 valence electrons. The number of aryl methyl sites for hydroxylation is 2. The van der Waals surface area contributed by atoms with E-state index in [-0.39, 0.29) is 0 Å². The zero-order chi connectivity index (χ0) is 16.2. The van der Waals surface area contributed by atoms with Gasteiger partial charge in [0.2, 0.25) is 0 Å². The largest absolute Gasteiger partial charge is 0.300 e. The molecule has 0 saturated heterocycles. The maximum Gasteiger partial charge on any atom is 0.133 e. The minimum atomic E-state index is 0.383. The Morgan fingerprint density at radius 1 is 0.957 bits per heavy atom. The summed E-state index contributed by atoms with van der Waals surface area (Å²) in [6.45, 7) is 4.23. The summed E-state index contributed by atoms with van der Waals surface area (Å²) in [6.07, 6.45) is 7.97. The predicted octanol–water partition coefficient (Wildman–Crippen LogP) is 5.70. The molecule has 2 aromatic rings. The highest BCUT2D eigenvalue weighted by Gasteiger charge is 2.22. The first-order chi connectivity index (χ1) is 11.1. The maximum absolute atomic E-state index is 11.8. The van der Waals surface area contributed by atoms with Gasteiger partial charge in [-0.3, -0.25) is 4.79 Å². The Balaban J connectivity index is 1.89. The zero-order valence-electron chi connectivity index (χ0n) is 14.0. The molecule has 0 N–H and O–H groups in total. The van der Waals surface area contributed by atoms with E-state index in [0.29, 0.717) is 18.1 Å². The summed E-state index contributed by atoms with van der Waals surface area (Å²) in [4.78, 5) is 11.8. The summed E-state index contributed by atoms with van der Waals surface area (Å²) in [7, 11) is 0. The van der Waals surface area contributed by atoms with Crippen LogP contribution in [0.3, 0.4) is 0 Å². The third-order valence-electron chi connectivity index (χ3n) is 4.70. The summed E-state index contributed by atoms with van der Waals surface area (Å²) >= 11 is 0. The van der Waals surface area contributed by atoms with Gasteiger partial charge >= 0.3 is 0 Å². The first-order valence-electron chi connectivity index (χ1n) is 8.49. The lowest BCUT2D eigenvalue weighted by molar-refractivity contribution is -0.120. The summed E-state index contributed by atoms with van der Waals surface area (Å²) in [5, 5.41) is 0. The van der Waals surface area contributed by atoms with E-state index in [4.69, 9.17) is 0 Å². The molecule has 0 aliphatic heterocycles. The minimum Gasteiger partial charge on any atom is -0.300 e. The quantitative estimate of drug-likeness (QED) is 0.665. The molecule has 23 heavy (non-hydrogen) atoms. The van der Waals surface area contributed by atoms with E-state index < -0.39 is 0 Å². The molecular weight excluding hydrogens is 280 g/mol. The van der Waals surface area contributed by atoms with E-state index in [2.05, 4.69) is 68.5 Å². The monoisotopic (exact) mass is 304 g/mol. The highest BCUT2D eigenvalue weighted by atomic mass is 16.1. The highest BCUT2D eigenvalue weighted by molar-refractivity contribution is 5.80. The number of benzene rings is 2. The van der Waals surface area contributed by atoms with Crippen molar-refractivity contribution in [3.8, 4) is 0 Å². The van der Waals surface area contributed by atoms with Crippen molar-refractivity contribution in [2.75, 3.05) is 0 Å². The molecule has 0 unspecified atom stereocenters. The molecule has 0 aromatic heterocycles. The average molecular weight is 304 g/mol. The van der Waals surface area contributed by atoms with Crippen molar-refractivity contribution in [1.29, 1.82) is 0 Å². The standard InChI is InChI=1S/C22H24O/c1-16-6-9-18(10-7-16)11-13-19-12-8-17(2)14-22(19)20-4-3-5-21(23)15-20/h6-14,20H,3-5,15H2,1-2H3/b13-11+/t20-/m1/s1. The molecule has 1 nitrogen and oxygen atoms in total. The molecule has 1 saturated carbocycles. The minimum absolute atomic E-state index is 0.383. The topological polar surface area (TPSA) is 17.1 Å². The molecule has 0 spiro atoms. The molecule has 0 radical (unpaired) electrons. The third kappa shape index (κ3) is 3.98. The van der Waals surface area contributed by atoms with Crippen LogP contribution in [0.25, 0.3) is 12.2 Å². The lowest BCUT2D eigenvalue weighted by atomic mass is 9.81. The Hall–Kier alpha value is -2.15. The molecule has 0 heterocycles. The van der Waals surface area contributed by atoms with Gasteiger partial charge in [0.05, 0.1) is 0 Å². The van der Waals surface area contributed by atoms with Crippen LogP contribution < -0.4 is 0 Å². The first-order valence-corrected chi connectivity index (χ1v) is 8.49. The van der Waals surface area contributed by atoms with Gasteiger partial charge in [0.15, 0.2) is 0 Å². The fraction of sp³-hybridized carbons (Fsp3) is 0.318. The summed E-state index contributed by atoms with van der Waals surface area (Å²) < 4.78 is 0. The smallest absolute Gasteiger partial charge is 0.133 e. The number of hydrogen-bond donors (Lipinski definition) is 0. The van der Waals surface area contributed by atoms with Gasteiger partial charge in [-0.25, -0.2) is 0 Å². The number of hydrogen-bond acceptors (Lipinski definition) is 1. The molecule has 1 atom stereocenters. The third-order valence-corrected chi connectivity index (χ3v) is 4.70. The van der Waals surface area contributed by atoms with Crippen molar-refractivity contribution in [3.05, 3.63) is 70.3 Å². The predicted molar refractivity (Wildman–Crippen MR) is 97.5 cm³/mol. The van der Waals surface area contributed by atoms with Gasteiger partial charge in [0, 0.05) is 12.8 Å². The van der Waals surface area contributed by atoms with E-state index in [1.165, 1.54) is 27.8 Å². The van der Waals surface area contributed by atoms with Gasteiger partial charge in [-0.05, 0) is 49.3 Å². The number of rotatable bonds is 3. The zero-order valence-corrected chi connectivity index (χ0v) is 14.0. The van der Waals surface area contributed by atoms with Crippen LogP contribution in [0.15, 0.2) is 42.5 Å². The van der Waals surface area contributed by atoms with E-state index >= 15 is 0 Å². The van der Waals surface area contributed by atoms with Crippen LogP contribution in [0.5, 0.6) is 0 Å². The normalized spacial score (nSPS) is 18.5. The molecule has 1 aliphatic carbocycles. The Morgan fingerprint density at radius 2 is 1.70 bits per heavy atom. The second-order valence-corrected chi connectivity index (χ2v) is 6.71. The first kappa shape index (κ1) is 15.7. The Morgan fingerprint density at radius 3 is 2.43 bits per heavy atom. The van der Waals surface area contributed by atoms with Crippen molar-refractivity contribution in [2.24, 2.45) is 0 Å². The van der Waals surface area contributed by atoms with Gasteiger partial charge < -0.3 is 0 Å². The fourth-order valence-corrected chi connectivity index (χ4v) is 3.35. The van der Waals surface area contributed by atoms with Gasteiger partial charge in [-0.2, -0.15) is 0 Å². The lowest BCUT2D eigenvalue weighted by Crippen LogP contribution is -2.14. The molecule has 1 heteroatoms. The second-order valence-electron chi connectivity index (χ2n) is 6.71. The van der Waals surface area contributed by atoms with Crippen LogP contribution in [-0.4, -0.2) is 5.78 Å². The van der Waals surface area contributed by atoms with E-state index in [0.717, 1.165) is 19.3 Å². The number of Topliss-reactive ketones (excluding diaryl/α,β-unsaturated/α-hetero) is 1. The van der Waals surface area contributed by atoms with E-state index in [9.17, 15) is 4.79 Å². The summed E-state index contributed by atoms with van der Waals surface area (Å²) in [5.74, 6) is 0.796. The van der Waals surface area contributed by atoms with E-state index in [1.54, 1.807) is 0 Å². The second kappa shape index (κ2) is 6.95. The van der Waals surface area contributed by atoms with Crippen molar-refractivity contribution in [2.45, 2.75) is 45.4 Å². The van der Waals surface area contributed by atoms with Crippen LogP contribution in [-0.2, 0) is 4.79 Å². The Labute approximate surface area is 139 Å². The van der Waals surface area contributed by atoms with Crippen molar-refractivity contribution >= 4 is 17.9 Å². The fourth-order valence-electron chi connectivity index (χ4n) is 3.35. The van der Waals surface area contributed by atoms with Crippen molar-refractivity contribution in [1.82, 2.24) is 0 Å². The summed E-state index contributed by atoms with van der Waals surface area (Å²) in [6, 6.07) is 15.2. The highest BCUT2D eigenvalue weighted by Crippen LogP contribution is 2.34. The Bertz CT molecular complexity index is 722. The Kier molecular flexibility index (Phi) is 4.76. The molecule has 3 rings (SSSR count). The summed E-state index contributed by atoms with van der Waals surface area (Å²) in [5.41, 5.74) is 6.34. The van der Waals surface area contributed by atoms with Crippen LogP contribution in [0.4, 0.5) is 0 Å².